The van der Waals surface area contributed by atoms with Crippen molar-refractivity contribution in [2.45, 2.75) is 65.2 Å². The molecule has 0 fully saturated rings. The van der Waals surface area contributed by atoms with Gasteiger partial charge < -0.3 is 15.4 Å². The van der Waals surface area contributed by atoms with Crippen LogP contribution in [-0.4, -0.2) is 38.1 Å². The predicted molar refractivity (Wildman–Crippen MR) is 149 cm³/mol. The molecule has 5 heteroatoms. The molecular weight excluding hydrogens is 436 g/mol. The van der Waals surface area contributed by atoms with Crippen molar-refractivity contribution < 1.29 is 14.3 Å². The van der Waals surface area contributed by atoms with Gasteiger partial charge in [0.05, 0.1) is 13.2 Å². The third-order valence-corrected chi connectivity index (χ3v) is 4.57. The van der Waals surface area contributed by atoms with Crippen LogP contribution in [0.5, 0.6) is 0 Å². The van der Waals surface area contributed by atoms with Gasteiger partial charge in [-0.1, -0.05) is 85.9 Å². The van der Waals surface area contributed by atoms with Crippen molar-refractivity contribution in [3.63, 3.8) is 0 Å². The van der Waals surface area contributed by atoms with Crippen LogP contribution in [0.25, 0.3) is 0 Å². The monoisotopic (exact) mass is 482 g/mol. The number of ether oxygens (including phenoxy) is 1. The van der Waals surface area contributed by atoms with Crippen molar-refractivity contribution in [1.29, 1.82) is 0 Å². The molecule has 194 valence electrons. The molecule has 0 rings (SSSR count). The van der Waals surface area contributed by atoms with E-state index >= 15 is 0 Å². The van der Waals surface area contributed by atoms with Gasteiger partial charge in [-0.2, -0.15) is 0 Å². The molecule has 0 aromatic heterocycles. The molecule has 0 aliphatic rings. The van der Waals surface area contributed by atoms with Crippen molar-refractivity contribution in [3.8, 4) is 0 Å². The van der Waals surface area contributed by atoms with Gasteiger partial charge in [-0.05, 0) is 57.9 Å². The van der Waals surface area contributed by atoms with Gasteiger partial charge in [0.15, 0.2) is 0 Å². The summed E-state index contributed by atoms with van der Waals surface area (Å²) in [6, 6.07) is 0. The summed E-state index contributed by atoms with van der Waals surface area (Å²) in [6.45, 7) is 5.74. The van der Waals surface area contributed by atoms with Gasteiger partial charge in [-0.3, -0.25) is 9.59 Å². The summed E-state index contributed by atoms with van der Waals surface area (Å²) in [5.41, 5.74) is 0. The summed E-state index contributed by atoms with van der Waals surface area (Å²) < 4.78 is 5.37. The van der Waals surface area contributed by atoms with Crippen molar-refractivity contribution in [2.75, 3.05) is 26.3 Å². The van der Waals surface area contributed by atoms with Crippen LogP contribution in [0.15, 0.2) is 85.1 Å². The lowest BCUT2D eigenvalue weighted by Crippen LogP contribution is -2.29. The molecule has 0 atom stereocenters. The highest BCUT2D eigenvalue weighted by atomic mass is 16.5. The van der Waals surface area contributed by atoms with Crippen molar-refractivity contribution in [2.24, 2.45) is 0 Å². The Labute approximate surface area is 213 Å². The Hall–Kier alpha value is -2.92. The first-order valence-electron chi connectivity index (χ1n) is 12.9. The zero-order valence-corrected chi connectivity index (χ0v) is 21.8. The quantitative estimate of drug-likeness (QED) is 0.115. The van der Waals surface area contributed by atoms with Crippen LogP contribution in [0.2, 0.25) is 0 Å². The average Bonchev–Trinajstić information content (AvgIpc) is 2.85. The highest BCUT2D eigenvalue weighted by Crippen LogP contribution is 1.97. The smallest absolute Gasteiger partial charge is 0.243 e. The topological polar surface area (TPSA) is 67.4 Å². The summed E-state index contributed by atoms with van der Waals surface area (Å²) in [4.78, 5) is 23.0. The summed E-state index contributed by atoms with van der Waals surface area (Å²) in [5, 5.41) is 5.53. The Morgan fingerprint density at radius 2 is 1.11 bits per heavy atom. The number of allylic oxidation sites excluding steroid dienone is 13. The Kier molecular flexibility index (Phi) is 25.0. The lowest BCUT2D eigenvalue weighted by Gasteiger charge is -2.06. The standard InChI is InChI=1S/C30H46N2O3/c1-3-5-6-7-8-9-10-11-12-13-14-15-16-17-18-19-20-21-22-24-30(34)32-26-28-35-27-25-31-29(33)23-4-2/h4-6,8-9,11-12,14-15,17-18,20-21,23H,3,7,10,13,16,19,22,24-28H2,1-2H3,(H,31,33)(H,32,34)/b6-5-,9-8-,12-11-,15-14-,18-17-,21-20-,23-4+. The van der Waals surface area contributed by atoms with E-state index in [1.54, 1.807) is 13.0 Å². The van der Waals surface area contributed by atoms with E-state index in [0.29, 0.717) is 32.7 Å². The number of hydrogen-bond donors (Lipinski definition) is 2. The number of hydrogen-bond acceptors (Lipinski definition) is 3. The first-order chi connectivity index (χ1) is 17.2. The third kappa shape index (κ3) is 27.2. The van der Waals surface area contributed by atoms with E-state index in [-0.39, 0.29) is 11.8 Å². The van der Waals surface area contributed by atoms with Crippen LogP contribution in [0.1, 0.15) is 65.2 Å². The van der Waals surface area contributed by atoms with E-state index in [0.717, 1.165) is 44.9 Å². The first kappa shape index (κ1) is 32.1. The van der Waals surface area contributed by atoms with Crippen molar-refractivity contribution in [3.05, 3.63) is 85.1 Å². The molecule has 0 aliphatic carbocycles. The maximum absolute atomic E-state index is 11.8. The van der Waals surface area contributed by atoms with E-state index < -0.39 is 0 Å². The molecule has 0 heterocycles. The van der Waals surface area contributed by atoms with Gasteiger partial charge in [0, 0.05) is 19.5 Å². The summed E-state index contributed by atoms with van der Waals surface area (Å²) >= 11 is 0. The molecule has 0 saturated heterocycles. The molecule has 0 bridgehead atoms. The predicted octanol–water partition coefficient (Wildman–Crippen LogP) is 6.29. The second kappa shape index (κ2) is 27.3. The molecule has 35 heavy (non-hydrogen) atoms. The molecule has 0 unspecified atom stereocenters. The minimum atomic E-state index is -0.126. The fraction of sp³-hybridized carbons (Fsp3) is 0.467. The van der Waals surface area contributed by atoms with Gasteiger partial charge in [-0.25, -0.2) is 0 Å². The van der Waals surface area contributed by atoms with E-state index in [1.807, 2.05) is 6.08 Å². The largest absolute Gasteiger partial charge is 0.378 e. The fourth-order valence-corrected chi connectivity index (χ4v) is 2.76. The Morgan fingerprint density at radius 3 is 1.60 bits per heavy atom. The maximum Gasteiger partial charge on any atom is 0.243 e. The number of carbonyl (C=O) groups is 2. The molecule has 0 saturated carbocycles. The molecule has 2 N–H and O–H groups in total. The van der Waals surface area contributed by atoms with E-state index in [2.05, 4.69) is 84.4 Å². The average molecular weight is 483 g/mol. The van der Waals surface area contributed by atoms with E-state index in [1.165, 1.54) is 6.08 Å². The molecule has 0 radical (unpaired) electrons. The van der Waals surface area contributed by atoms with Crippen LogP contribution >= 0.6 is 0 Å². The highest BCUT2D eigenvalue weighted by Gasteiger charge is 1.98. The highest BCUT2D eigenvalue weighted by molar-refractivity contribution is 5.87. The van der Waals surface area contributed by atoms with Crippen LogP contribution in [-0.2, 0) is 14.3 Å². The molecule has 2 amide bonds. The lowest BCUT2D eigenvalue weighted by atomic mass is 10.2. The molecule has 0 aromatic rings. The SMILES string of the molecule is C/C=C/C(=O)NCCOCCNC(=O)CC/C=C\C/C=C\C/C=C\C/C=C\C/C=C\C/C=C\CC. The van der Waals surface area contributed by atoms with Crippen LogP contribution in [0, 0.1) is 0 Å². The molecule has 0 aromatic carbocycles. The molecule has 5 nitrogen and oxygen atoms in total. The lowest BCUT2D eigenvalue weighted by molar-refractivity contribution is -0.121. The maximum atomic E-state index is 11.8. The zero-order valence-electron chi connectivity index (χ0n) is 21.8. The van der Waals surface area contributed by atoms with Crippen molar-refractivity contribution >= 4 is 11.8 Å². The van der Waals surface area contributed by atoms with Gasteiger partial charge in [0.1, 0.15) is 0 Å². The van der Waals surface area contributed by atoms with Crippen molar-refractivity contribution in [1.82, 2.24) is 10.6 Å². The molecule has 0 aliphatic heterocycles. The molecule has 0 spiro atoms. The fourth-order valence-electron chi connectivity index (χ4n) is 2.76. The minimum absolute atomic E-state index is 0.0227. The van der Waals surface area contributed by atoms with E-state index in [9.17, 15) is 9.59 Å². The third-order valence-electron chi connectivity index (χ3n) is 4.57. The second-order valence-electron chi connectivity index (χ2n) is 7.71. The Balaban J connectivity index is 3.55. The molecular formula is C30H46N2O3. The summed E-state index contributed by atoms with van der Waals surface area (Å²) in [6.07, 6.45) is 36.3. The van der Waals surface area contributed by atoms with Crippen LogP contribution < -0.4 is 10.6 Å². The Bertz CT molecular complexity index is 728. The van der Waals surface area contributed by atoms with Crippen LogP contribution in [0.4, 0.5) is 0 Å². The number of nitrogens with one attached hydrogen (secondary N) is 2. The normalized spacial score (nSPS) is 12.6. The van der Waals surface area contributed by atoms with Gasteiger partial charge in [-0.15, -0.1) is 0 Å². The number of rotatable bonds is 21. The first-order valence-corrected chi connectivity index (χ1v) is 12.9. The zero-order chi connectivity index (χ0) is 25.7. The Morgan fingerprint density at radius 1 is 0.657 bits per heavy atom. The van der Waals surface area contributed by atoms with Gasteiger partial charge in [0.25, 0.3) is 0 Å². The van der Waals surface area contributed by atoms with Gasteiger partial charge in [0.2, 0.25) is 11.8 Å². The minimum Gasteiger partial charge on any atom is -0.378 e. The summed E-state index contributed by atoms with van der Waals surface area (Å²) in [5.74, 6) is -0.103. The van der Waals surface area contributed by atoms with Crippen LogP contribution in [0.3, 0.4) is 0 Å². The van der Waals surface area contributed by atoms with Gasteiger partial charge >= 0.3 is 0 Å². The van der Waals surface area contributed by atoms with E-state index in [4.69, 9.17) is 4.74 Å². The number of carbonyl (C=O) groups excluding carboxylic acids is 2. The second-order valence-corrected chi connectivity index (χ2v) is 7.71. The number of amides is 2. The summed E-state index contributed by atoms with van der Waals surface area (Å²) in [7, 11) is 0.